The highest BCUT2D eigenvalue weighted by molar-refractivity contribution is 7.12. The molecule has 2 aromatic rings. The van der Waals surface area contributed by atoms with E-state index in [0.29, 0.717) is 10.6 Å². The Balaban J connectivity index is 1.89. The Bertz CT molecular complexity index is 663. The third-order valence-corrected chi connectivity index (χ3v) is 4.28. The molecule has 1 saturated carbocycles. The van der Waals surface area contributed by atoms with E-state index in [1.807, 2.05) is 35.7 Å². The number of nitrogens with one attached hydrogen (secondary N) is 1. The van der Waals surface area contributed by atoms with Crippen molar-refractivity contribution >= 4 is 34.5 Å². The number of rotatable bonds is 4. The molecule has 3 rings (SSSR count). The van der Waals surface area contributed by atoms with Gasteiger partial charge in [0.25, 0.3) is 5.91 Å². The third kappa shape index (κ3) is 2.97. The van der Waals surface area contributed by atoms with Gasteiger partial charge in [-0.2, -0.15) is 0 Å². The smallest absolute Gasteiger partial charge is 0.265 e. The summed E-state index contributed by atoms with van der Waals surface area (Å²) in [6, 6.07) is 11.3. The van der Waals surface area contributed by atoms with Gasteiger partial charge in [0.15, 0.2) is 0 Å². The molecular formula is C16H16N2O2S. The van der Waals surface area contributed by atoms with Crippen LogP contribution in [-0.4, -0.2) is 17.9 Å². The van der Waals surface area contributed by atoms with Gasteiger partial charge in [-0.25, -0.2) is 0 Å². The topological polar surface area (TPSA) is 49.4 Å². The van der Waals surface area contributed by atoms with Gasteiger partial charge in [-0.15, -0.1) is 11.3 Å². The first-order valence-electron chi connectivity index (χ1n) is 6.90. The highest BCUT2D eigenvalue weighted by atomic mass is 32.1. The van der Waals surface area contributed by atoms with Crippen LogP contribution in [-0.2, 0) is 4.79 Å². The molecule has 1 aromatic carbocycles. The average molecular weight is 300 g/mol. The van der Waals surface area contributed by atoms with Crippen molar-refractivity contribution in [1.82, 2.24) is 0 Å². The SMILES string of the molecule is CC(=O)N(c1ccccc1NC(=O)c1cccs1)C1CC1. The van der Waals surface area contributed by atoms with Crippen molar-refractivity contribution in [2.75, 3.05) is 10.2 Å². The van der Waals surface area contributed by atoms with Crippen LogP contribution in [0.1, 0.15) is 29.4 Å². The first kappa shape index (κ1) is 13.8. The second kappa shape index (κ2) is 5.69. The molecule has 0 bridgehead atoms. The zero-order chi connectivity index (χ0) is 14.8. The van der Waals surface area contributed by atoms with Crippen LogP contribution in [0.5, 0.6) is 0 Å². The Hall–Kier alpha value is -2.14. The second-order valence-electron chi connectivity index (χ2n) is 5.07. The first-order chi connectivity index (χ1) is 10.2. The van der Waals surface area contributed by atoms with Crippen LogP contribution < -0.4 is 10.2 Å². The molecule has 21 heavy (non-hydrogen) atoms. The molecule has 1 fully saturated rings. The Morgan fingerprint density at radius 2 is 1.95 bits per heavy atom. The van der Waals surface area contributed by atoms with E-state index in [-0.39, 0.29) is 17.9 Å². The number of hydrogen-bond donors (Lipinski definition) is 1. The molecule has 4 nitrogen and oxygen atoms in total. The van der Waals surface area contributed by atoms with Crippen molar-refractivity contribution in [3.05, 3.63) is 46.7 Å². The van der Waals surface area contributed by atoms with Crippen molar-refractivity contribution in [1.29, 1.82) is 0 Å². The molecule has 1 aromatic heterocycles. The predicted octanol–water partition coefficient (Wildman–Crippen LogP) is 3.52. The number of amides is 2. The van der Waals surface area contributed by atoms with Crippen molar-refractivity contribution in [2.45, 2.75) is 25.8 Å². The minimum absolute atomic E-state index is 0.00956. The van der Waals surface area contributed by atoms with Gasteiger partial charge in [-0.3, -0.25) is 9.59 Å². The fourth-order valence-corrected chi connectivity index (χ4v) is 2.96. The second-order valence-corrected chi connectivity index (χ2v) is 6.02. The molecule has 1 heterocycles. The number of anilines is 2. The number of thiophene rings is 1. The van der Waals surface area contributed by atoms with E-state index in [0.717, 1.165) is 18.5 Å². The summed E-state index contributed by atoms with van der Waals surface area (Å²) in [6.07, 6.45) is 2.04. The maximum Gasteiger partial charge on any atom is 0.265 e. The highest BCUT2D eigenvalue weighted by Gasteiger charge is 2.33. The monoisotopic (exact) mass is 300 g/mol. The summed E-state index contributed by atoms with van der Waals surface area (Å²) in [5.74, 6) is -0.132. The molecule has 1 aliphatic carbocycles. The van der Waals surface area contributed by atoms with E-state index in [9.17, 15) is 9.59 Å². The van der Waals surface area contributed by atoms with Gasteiger partial charge in [0, 0.05) is 13.0 Å². The van der Waals surface area contributed by atoms with Crippen LogP contribution in [0.2, 0.25) is 0 Å². The van der Waals surface area contributed by atoms with Gasteiger partial charge in [-0.05, 0) is 36.4 Å². The van der Waals surface area contributed by atoms with Gasteiger partial charge in [0.1, 0.15) is 0 Å². The summed E-state index contributed by atoms with van der Waals surface area (Å²) < 4.78 is 0. The molecule has 0 unspecified atom stereocenters. The van der Waals surface area contributed by atoms with Crippen LogP contribution in [0.25, 0.3) is 0 Å². The first-order valence-corrected chi connectivity index (χ1v) is 7.78. The summed E-state index contributed by atoms with van der Waals surface area (Å²) in [5, 5.41) is 4.78. The predicted molar refractivity (Wildman–Crippen MR) is 84.9 cm³/mol. The molecule has 1 aliphatic rings. The summed E-state index contributed by atoms with van der Waals surface area (Å²) in [5.41, 5.74) is 1.45. The zero-order valence-electron chi connectivity index (χ0n) is 11.7. The van der Waals surface area contributed by atoms with Gasteiger partial charge < -0.3 is 10.2 Å². The molecule has 1 N–H and O–H groups in total. The molecule has 2 amide bonds. The zero-order valence-corrected chi connectivity index (χ0v) is 12.5. The van der Waals surface area contributed by atoms with Gasteiger partial charge in [0.2, 0.25) is 5.91 Å². The lowest BCUT2D eigenvalue weighted by Gasteiger charge is -2.23. The van der Waals surface area contributed by atoms with E-state index in [1.165, 1.54) is 11.3 Å². The highest BCUT2D eigenvalue weighted by Crippen LogP contribution is 2.36. The fourth-order valence-electron chi connectivity index (χ4n) is 2.34. The van der Waals surface area contributed by atoms with Crippen LogP contribution >= 0.6 is 11.3 Å². The molecule has 5 heteroatoms. The number of hydrogen-bond acceptors (Lipinski definition) is 3. The van der Waals surface area contributed by atoms with Gasteiger partial charge >= 0.3 is 0 Å². The van der Waals surface area contributed by atoms with Gasteiger partial charge in [-0.1, -0.05) is 18.2 Å². The number of benzene rings is 1. The van der Waals surface area contributed by atoms with Crippen LogP contribution in [0.15, 0.2) is 41.8 Å². The van der Waals surface area contributed by atoms with Crippen molar-refractivity contribution < 1.29 is 9.59 Å². The number of nitrogens with zero attached hydrogens (tertiary/aromatic N) is 1. The third-order valence-electron chi connectivity index (χ3n) is 3.41. The Morgan fingerprint density at radius 1 is 1.19 bits per heavy atom. The average Bonchev–Trinajstić information content (AvgIpc) is 3.13. The standard InChI is InChI=1S/C16H16N2O2S/c1-11(19)18(12-8-9-12)14-6-3-2-5-13(14)17-16(20)15-7-4-10-21-15/h2-7,10,12H,8-9H2,1H3,(H,17,20). The summed E-state index contributed by atoms with van der Waals surface area (Å²) in [7, 11) is 0. The molecule has 0 radical (unpaired) electrons. The maximum absolute atomic E-state index is 12.2. The molecule has 0 aliphatic heterocycles. The lowest BCUT2D eigenvalue weighted by Crippen LogP contribution is -2.31. The molecule has 0 saturated heterocycles. The summed E-state index contributed by atoms with van der Waals surface area (Å²) >= 11 is 1.40. The van der Waals surface area contributed by atoms with Crippen molar-refractivity contribution in [3.63, 3.8) is 0 Å². The van der Waals surface area contributed by atoms with Gasteiger partial charge in [0.05, 0.1) is 16.3 Å². The molecule has 0 atom stereocenters. The fraction of sp³-hybridized carbons (Fsp3) is 0.250. The lowest BCUT2D eigenvalue weighted by atomic mass is 10.2. The summed E-state index contributed by atoms with van der Waals surface area (Å²) in [6.45, 7) is 1.57. The van der Waals surface area contributed by atoms with Crippen LogP contribution in [0, 0.1) is 0 Å². The van der Waals surface area contributed by atoms with Crippen LogP contribution in [0.4, 0.5) is 11.4 Å². The Kier molecular flexibility index (Phi) is 3.75. The number of para-hydroxylation sites is 2. The number of carbonyl (C=O) groups excluding carboxylic acids is 2. The van der Waals surface area contributed by atoms with Crippen LogP contribution in [0.3, 0.4) is 0 Å². The Labute approximate surface area is 127 Å². The molecule has 108 valence electrons. The van der Waals surface area contributed by atoms with E-state index < -0.39 is 0 Å². The van der Waals surface area contributed by atoms with E-state index in [2.05, 4.69) is 5.32 Å². The maximum atomic E-state index is 12.2. The normalized spacial score (nSPS) is 13.8. The van der Waals surface area contributed by atoms with Crippen molar-refractivity contribution in [3.8, 4) is 0 Å². The quantitative estimate of drug-likeness (QED) is 0.939. The Morgan fingerprint density at radius 3 is 2.57 bits per heavy atom. The minimum atomic E-state index is -0.142. The number of carbonyl (C=O) groups is 2. The van der Waals surface area contributed by atoms with E-state index in [1.54, 1.807) is 17.9 Å². The minimum Gasteiger partial charge on any atom is -0.319 e. The molecule has 0 spiro atoms. The van der Waals surface area contributed by atoms with E-state index >= 15 is 0 Å². The largest absolute Gasteiger partial charge is 0.319 e. The molecular weight excluding hydrogens is 284 g/mol. The van der Waals surface area contributed by atoms with Crippen molar-refractivity contribution in [2.24, 2.45) is 0 Å². The lowest BCUT2D eigenvalue weighted by molar-refractivity contribution is -0.116. The summed E-state index contributed by atoms with van der Waals surface area (Å²) in [4.78, 5) is 26.5. The van der Waals surface area contributed by atoms with E-state index in [4.69, 9.17) is 0 Å².